The van der Waals surface area contributed by atoms with Gasteiger partial charge >= 0.3 is 0 Å². The predicted molar refractivity (Wildman–Crippen MR) is 72.8 cm³/mol. The largest absolute Gasteiger partial charge is 0.507 e. The normalized spacial score (nSPS) is 12.2. The smallest absolute Gasteiger partial charge is 0.255 e. The molecule has 1 rings (SSSR count). The molecule has 1 aromatic rings. The van der Waals surface area contributed by atoms with Crippen LogP contribution in [0, 0.1) is 6.92 Å². The van der Waals surface area contributed by atoms with Crippen LogP contribution in [0.15, 0.2) is 18.2 Å². The van der Waals surface area contributed by atoms with Gasteiger partial charge in [-0.1, -0.05) is 13.0 Å². The molecule has 1 atom stereocenters. The zero-order valence-corrected chi connectivity index (χ0v) is 11.3. The Morgan fingerprint density at radius 1 is 1.53 bits per heavy atom. The highest BCUT2D eigenvalue weighted by Crippen LogP contribution is 2.18. The zero-order valence-electron chi connectivity index (χ0n) is 10.5. The van der Waals surface area contributed by atoms with Crippen molar-refractivity contribution < 1.29 is 9.90 Å². The van der Waals surface area contributed by atoms with Crippen molar-refractivity contribution in [3.8, 4) is 5.75 Å². The lowest BCUT2D eigenvalue weighted by molar-refractivity contribution is 0.0937. The maximum atomic E-state index is 11.9. The average Bonchev–Trinajstić information content (AvgIpc) is 2.28. The van der Waals surface area contributed by atoms with Crippen molar-refractivity contribution in [1.29, 1.82) is 0 Å². The number of rotatable bonds is 5. The maximum absolute atomic E-state index is 11.9. The number of hydrogen-bond acceptors (Lipinski definition) is 3. The topological polar surface area (TPSA) is 49.3 Å². The van der Waals surface area contributed by atoms with E-state index in [2.05, 4.69) is 5.32 Å². The number of thioether (sulfide) groups is 1. The van der Waals surface area contributed by atoms with Gasteiger partial charge in [0.05, 0.1) is 5.56 Å². The lowest BCUT2D eigenvalue weighted by Gasteiger charge is -2.16. The molecule has 4 heteroatoms. The summed E-state index contributed by atoms with van der Waals surface area (Å²) in [5.74, 6) is 0.722. The summed E-state index contributed by atoms with van der Waals surface area (Å²) in [6, 6.07) is 5.23. The van der Waals surface area contributed by atoms with Crippen molar-refractivity contribution in [3.05, 3.63) is 29.3 Å². The number of hydrogen-bond donors (Lipinski definition) is 2. The number of carbonyl (C=O) groups is 1. The number of phenolic OH excluding ortho intramolecular Hbond substituents is 1. The van der Waals surface area contributed by atoms with Gasteiger partial charge in [-0.05, 0) is 37.3 Å². The van der Waals surface area contributed by atoms with Crippen LogP contribution in [0.5, 0.6) is 5.75 Å². The van der Waals surface area contributed by atoms with E-state index in [0.717, 1.165) is 17.7 Å². The molecule has 17 heavy (non-hydrogen) atoms. The molecule has 0 bridgehead atoms. The summed E-state index contributed by atoms with van der Waals surface area (Å²) < 4.78 is 0. The van der Waals surface area contributed by atoms with Gasteiger partial charge in [0.2, 0.25) is 0 Å². The molecule has 0 radical (unpaired) electrons. The average molecular weight is 253 g/mol. The van der Waals surface area contributed by atoms with Crippen LogP contribution in [0.4, 0.5) is 0 Å². The molecule has 0 saturated carbocycles. The van der Waals surface area contributed by atoms with Crippen molar-refractivity contribution in [1.82, 2.24) is 5.32 Å². The molecule has 0 spiro atoms. The highest BCUT2D eigenvalue weighted by molar-refractivity contribution is 7.98. The molecule has 0 saturated heterocycles. The number of carbonyl (C=O) groups excluding carboxylic acids is 1. The van der Waals surface area contributed by atoms with E-state index in [1.807, 2.05) is 26.2 Å². The number of benzene rings is 1. The lowest BCUT2D eigenvalue weighted by Crippen LogP contribution is -2.36. The van der Waals surface area contributed by atoms with E-state index in [-0.39, 0.29) is 17.7 Å². The third kappa shape index (κ3) is 3.97. The highest BCUT2D eigenvalue weighted by Gasteiger charge is 2.14. The van der Waals surface area contributed by atoms with E-state index >= 15 is 0 Å². The van der Waals surface area contributed by atoms with Crippen LogP contribution in [0.3, 0.4) is 0 Å². The van der Waals surface area contributed by atoms with E-state index in [1.54, 1.807) is 23.9 Å². The summed E-state index contributed by atoms with van der Waals surface area (Å²) in [5, 5.41) is 12.6. The van der Waals surface area contributed by atoms with Gasteiger partial charge in [0, 0.05) is 11.8 Å². The Labute approximate surface area is 107 Å². The second kappa shape index (κ2) is 6.55. The van der Waals surface area contributed by atoms with Gasteiger partial charge in [-0.3, -0.25) is 4.79 Å². The van der Waals surface area contributed by atoms with Crippen LogP contribution < -0.4 is 5.32 Å². The fourth-order valence-electron chi connectivity index (χ4n) is 1.56. The van der Waals surface area contributed by atoms with E-state index in [9.17, 15) is 9.90 Å². The molecule has 0 heterocycles. The molecule has 0 fully saturated rings. The molecule has 0 aromatic heterocycles. The van der Waals surface area contributed by atoms with Crippen LogP contribution in [0.25, 0.3) is 0 Å². The molecule has 1 unspecified atom stereocenters. The second-order valence-corrected chi connectivity index (χ2v) is 4.97. The fraction of sp³-hybridized carbons (Fsp3) is 0.462. The van der Waals surface area contributed by atoms with Crippen molar-refractivity contribution >= 4 is 17.7 Å². The van der Waals surface area contributed by atoms with Gasteiger partial charge in [0.25, 0.3) is 5.91 Å². The van der Waals surface area contributed by atoms with Crippen molar-refractivity contribution in [2.75, 3.05) is 12.0 Å². The first-order valence-corrected chi connectivity index (χ1v) is 7.07. The van der Waals surface area contributed by atoms with Gasteiger partial charge in [-0.25, -0.2) is 0 Å². The highest BCUT2D eigenvalue weighted by atomic mass is 32.2. The Balaban J connectivity index is 2.75. The molecule has 0 aliphatic rings. The summed E-state index contributed by atoms with van der Waals surface area (Å²) in [6.07, 6.45) is 2.90. The Hall–Kier alpha value is -1.16. The summed E-state index contributed by atoms with van der Waals surface area (Å²) in [4.78, 5) is 11.9. The van der Waals surface area contributed by atoms with Crippen molar-refractivity contribution in [2.24, 2.45) is 0 Å². The SMILES string of the molecule is CCC(CSC)NC(=O)c1ccc(C)cc1O. The Morgan fingerprint density at radius 2 is 2.24 bits per heavy atom. The molecule has 94 valence electrons. The van der Waals surface area contributed by atoms with Crippen molar-refractivity contribution in [2.45, 2.75) is 26.3 Å². The minimum absolute atomic E-state index is 0.0431. The monoisotopic (exact) mass is 253 g/mol. The minimum atomic E-state index is -0.205. The summed E-state index contributed by atoms with van der Waals surface area (Å²) >= 11 is 1.70. The summed E-state index contributed by atoms with van der Waals surface area (Å²) in [6.45, 7) is 3.92. The predicted octanol–water partition coefficient (Wildman–Crippen LogP) is 2.57. The lowest BCUT2D eigenvalue weighted by atomic mass is 10.1. The molecule has 2 N–H and O–H groups in total. The van der Waals surface area contributed by atoms with E-state index < -0.39 is 0 Å². The first-order valence-electron chi connectivity index (χ1n) is 5.67. The molecule has 1 amide bonds. The number of amides is 1. The maximum Gasteiger partial charge on any atom is 0.255 e. The van der Waals surface area contributed by atoms with Gasteiger partial charge in [-0.15, -0.1) is 0 Å². The van der Waals surface area contributed by atoms with Crippen LogP contribution in [0.2, 0.25) is 0 Å². The summed E-state index contributed by atoms with van der Waals surface area (Å²) in [7, 11) is 0. The fourth-order valence-corrected chi connectivity index (χ4v) is 2.28. The molecule has 1 aromatic carbocycles. The third-order valence-corrected chi connectivity index (χ3v) is 3.33. The molecule has 3 nitrogen and oxygen atoms in total. The first kappa shape index (κ1) is 13.9. The third-order valence-electron chi connectivity index (χ3n) is 2.59. The quantitative estimate of drug-likeness (QED) is 0.848. The second-order valence-electron chi connectivity index (χ2n) is 4.05. The summed E-state index contributed by atoms with van der Waals surface area (Å²) in [5.41, 5.74) is 1.28. The number of nitrogens with one attached hydrogen (secondary N) is 1. The van der Waals surface area contributed by atoms with E-state index in [4.69, 9.17) is 0 Å². The van der Waals surface area contributed by atoms with Crippen molar-refractivity contribution in [3.63, 3.8) is 0 Å². The Morgan fingerprint density at radius 3 is 2.76 bits per heavy atom. The first-order chi connectivity index (χ1) is 8.08. The van der Waals surface area contributed by atoms with Crippen LogP contribution in [-0.2, 0) is 0 Å². The number of aromatic hydroxyl groups is 1. The van der Waals surface area contributed by atoms with Gasteiger partial charge < -0.3 is 10.4 Å². The zero-order chi connectivity index (χ0) is 12.8. The standard InChI is InChI=1S/C13H19NO2S/c1-4-10(8-17-3)14-13(16)11-6-5-9(2)7-12(11)15/h5-7,10,15H,4,8H2,1-3H3,(H,14,16). The minimum Gasteiger partial charge on any atom is -0.507 e. The van der Waals surface area contributed by atoms with Gasteiger partial charge in [0.15, 0.2) is 0 Å². The van der Waals surface area contributed by atoms with E-state index in [1.165, 1.54) is 0 Å². The molecule has 0 aliphatic carbocycles. The molecular formula is C13H19NO2S. The molecule has 0 aliphatic heterocycles. The number of aryl methyl sites for hydroxylation is 1. The van der Waals surface area contributed by atoms with E-state index in [0.29, 0.717) is 5.56 Å². The van der Waals surface area contributed by atoms with Crippen LogP contribution in [0.1, 0.15) is 29.3 Å². The van der Waals surface area contributed by atoms with Crippen LogP contribution in [-0.4, -0.2) is 29.1 Å². The van der Waals surface area contributed by atoms with Gasteiger partial charge in [0.1, 0.15) is 5.75 Å². The number of phenols is 1. The Kier molecular flexibility index (Phi) is 5.35. The Bertz CT molecular complexity index is 393. The van der Waals surface area contributed by atoms with Gasteiger partial charge in [-0.2, -0.15) is 11.8 Å². The van der Waals surface area contributed by atoms with Crippen LogP contribution >= 0.6 is 11.8 Å². The molecular weight excluding hydrogens is 234 g/mol.